The number of benzene rings is 1. The quantitative estimate of drug-likeness (QED) is 0.830. The third-order valence-electron chi connectivity index (χ3n) is 2.90. The number of hydrogen-bond acceptors (Lipinski definition) is 4. The summed E-state index contributed by atoms with van der Waals surface area (Å²) in [6.45, 7) is 4.19. The zero-order chi connectivity index (χ0) is 13.9. The fraction of sp³-hybridized carbons (Fsp3) is 0.143. The van der Waals surface area contributed by atoms with Gasteiger partial charge in [0.1, 0.15) is 5.69 Å². The molecule has 2 heterocycles. The molecular weight excluding hydrogens is 258 g/mol. The summed E-state index contributed by atoms with van der Waals surface area (Å²) in [4.78, 5) is 11.8. The summed E-state index contributed by atoms with van der Waals surface area (Å²) in [6, 6.07) is 7.22. The van der Waals surface area contributed by atoms with Crippen LogP contribution in [0.2, 0.25) is 0 Å². The number of hydrogen-bond donors (Lipinski definition) is 2. The summed E-state index contributed by atoms with van der Waals surface area (Å²) in [7, 11) is 0. The number of H-pyrrole nitrogens is 1. The number of rotatable bonds is 4. The number of amides is 1. The summed E-state index contributed by atoms with van der Waals surface area (Å²) < 4.78 is 10.6. The van der Waals surface area contributed by atoms with Crippen molar-refractivity contribution < 1.29 is 14.3 Å². The van der Waals surface area contributed by atoms with Crippen LogP contribution < -0.4 is 14.8 Å². The number of ether oxygens (including phenoxy) is 2. The molecule has 2 N–H and O–H groups in total. The van der Waals surface area contributed by atoms with Crippen molar-refractivity contribution in [2.45, 2.75) is 0 Å². The number of aromatic nitrogens is 2. The van der Waals surface area contributed by atoms with Gasteiger partial charge in [-0.25, -0.2) is 0 Å². The Morgan fingerprint density at radius 2 is 2.25 bits per heavy atom. The summed E-state index contributed by atoms with van der Waals surface area (Å²) >= 11 is 0. The van der Waals surface area contributed by atoms with Crippen molar-refractivity contribution in [2.75, 3.05) is 13.3 Å². The molecule has 3 rings (SSSR count). The highest BCUT2D eigenvalue weighted by Crippen LogP contribution is 2.35. The number of nitrogens with zero attached hydrogens (tertiary/aromatic N) is 1. The van der Waals surface area contributed by atoms with Crippen LogP contribution in [0.1, 0.15) is 10.5 Å². The normalized spacial score (nSPS) is 12.2. The molecule has 0 aliphatic carbocycles. The fourth-order valence-electron chi connectivity index (χ4n) is 1.90. The molecule has 1 aliphatic heterocycles. The standard InChI is InChI=1S/C14H13N3O3/c1-2-5-15-14(18)11-7-10(16-17-11)9-3-4-12-13(6-9)20-8-19-12/h2-4,6-7H,1,5,8H2,(H,15,18)(H,16,17). The molecule has 6 heteroatoms. The minimum absolute atomic E-state index is 0.218. The van der Waals surface area contributed by atoms with Crippen LogP contribution in [0.4, 0.5) is 0 Å². The smallest absolute Gasteiger partial charge is 0.269 e. The van der Waals surface area contributed by atoms with Crippen LogP contribution in [0.15, 0.2) is 36.9 Å². The second-order valence-corrected chi connectivity index (χ2v) is 4.23. The second kappa shape index (κ2) is 5.08. The topological polar surface area (TPSA) is 76.2 Å². The maximum atomic E-state index is 11.8. The molecule has 1 amide bonds. The Labute approximate surface area is 115 Å². The lowest BCUT2D eigenvalue weighted by molar-refractivity contribution is 0.0953. The van der Waals surface area contributed by atoms with Crippen LogP contribution in [0.5, 0.6) is 11.5 Å². The zero-order valence-electron chi connectivity index (χ0n) is 10.7. The molecule has 0 fully saturated rings. The minimum Gasteiger partial charge on any atom is -0.454 e. The van der Waals surface area contributed by atoms with Crippen LogP contribution >= 0.6 is 0 Å². The van der Waals surface area contributed by atoms with E-state index in [1.165, 1.54) is 0 Å². The van der Waals surface area contributed by atoms with Crippen LogP contribution in [0.3, 0.4) is 0 Å². The van der Waals surface area contributed by atoms with Crippen LogP contribution in [-0.4, -0.2) is 29.4 Å². The van der Waals surface area contributed by atoms with E-state index in [1.54, 1.807) is 12.1 Å². The van der Waals surface area contributed by atoms with Crippen molar-refractivity contribution in [1.29, 1.82) is 0 Å². The number of fused-ring (bicyclic) bond motifs is 1. The molecule has 1 aromatic heterocycles. The van der Waals surface area contributed by atoms with Crippen molar-refractivity contribution >= 4 is 5.91 Å². The van der Waals surface area contributed by atoms with Gasteiger partial charge in [-0.05, 0) is 24.3 Å². The molecule has 1 aliphatic rings. The molecule has 102 valence electrons. The fourth-order valence-corrected chi connectivity index (χ4v) is 1.90. The van der Waals surface area contributed by atoms with Crippen LogP contribution in [0.25, 0.3) is 11.3 Å². The Morgan fingerprint density at radius 1 is 1.40 bits per heavy atom. The number of carbonyl (C=O) groups is 1. The van der Waals surface area contributed by atoms with Crippen LogP contribution in [-0.2, 0) is 0 Å². The molecule has 0 bridgehead atoms. The van der Waals surface area contributed by atoms with Crippen molar-refractivity contribution in [3.8, 4) is 22.8 Å². The van der Waals surface area contributed by atoms with Crippen molar-refractivity contribution in [2.24, 2.45) is 0 Å². The van der Waals surface area contributed by atoms with Crippen molar-refractivity contribution in [3.05, 3.63) is 42.6 Å². The summed E-state index contributed by atoms with van der Waals surface area (Å²) in [5.74, 6) is 1.18. The molecule has 0 saturated carbocycles. The molecule has 0 spiro atoms. The minimum atomic E-state index is -0.218. The van der Waals surface area contributed by atoms with Gasteiger partial charge >= 0.3 is 0 Å². The van der Waals surface area contributed by atoms with Gasteiger partial charge in [-0.15, -0.1) is 6.58 Å². The van der Waals surface area contributed by atoms with E-state index in [-0.39, 0.29) is 12.7 Å². The molecule has 0 saturated heterocycles. The van der Waals surface area contributed by atoms with Gasteiger partial charge in [0.15, 0.2) is 11.5 Å². The van der Waals surface area contributed by atoms with Gasteiger partial charge in [0.25, 0.3) is 5.91 Å². The molecule has 2 aromatic rings. The van der Waals surface area contributed by atoms with E-state index in [4.69, 9.17) is 9.47 Å². The van der Waals surface area contributed by atoms with E-state index in [1.807, 2.05) is 18.2 Å². The Hall–Kier alpha value is -2.76. The lowest BCUT2D eigenvalue weighted by Gasteiger charge is -1.99. The summed E-state index contributed by atoms with van der Waals surface area (Å²) in [6.07, 6.45) is 1.62. The molecule has 1 aromatic carbocycles. The molecule has 0 atom stereocenters. The Kier molecular flexibility index (Phi) is 3.12. The number of nitrogens with one attached hydrogen (secondary N) is 2. The first-order valence-corrected chi connectivity index (χ1v) is 6.12. The summed E-state index contributed by atoms with van der Waals surface area (Å²) in [5, 5.41) is 9.53. The Balaban J connectivity index is 1.83. The molecule has 20 heavy (non-hydrogen) atoms. The van der Waals surface area contributed by atoms with E-state index in [2.05, 4.69) is 22.1 Å². The highest BCUT2D eigenvalue weighted by Gasteiger charge is 2.16. The average Bonchev–Trinajstić information content (AvgIpc) is 3.12. The van der Waals surface area contributed by atoms with E-state index in [0.29, 0.717) is 29.4 Å². The maximum Gasteiger partial charge on any atom is 0.269 e. The van der Waals surface area contributed by atoms with Gasteiger partial charge in [0, 0.05) is 12.1 Å². The first kappa shape index (κ1) is 12.3. The van der Waals surface area contributed by atoms with Gasteiger partial charge < -0.3 is 14.8 Å². The van der Waals surface area contributed by atoms with Gasteiger partial charge in [0.05, 0.1) is 5.69 Å². The number of aromatic amines is 1. The summed E-state index contributed by atoms with van der Waals surface area (Å²) in [5.41, 5.74) is 1.93. The molecule has 0 unspecified atom stereocenters. The monoisotopic (exact) mass is 271 g/mol. The Morgan fingerprint density at radius 3 is 3.10 bits per heavy atom. The predicted molar refractivity (Wildman–Crippen MR) is 72.7 cm³/mol. The lowest BCUT2D eigenvalue weighted by Crippen LogP contribution is -2.23. The highest BCUT2D eigenvalue weighted by molar-refractivity contribution is 5.93. The van der Waals surface area contributed by atoms with Gasteiger partial charge in [0.2, 0.25) is 6.79 Å². The van der Waals surface area contributed by atoms with Crippen LogP contribution in [0, 0.1) is 0 Å². The molecule has 0 radical (unpaired) electrons. The van der Waals surface area contributed by atoms with E-state index in [9.17, 15) is 4.79 Å². The largest absolute Gasteiger partial charge is 0.454 e. The first-order valence-electron chi connectivity index (χ1n) is 6.12. The van der Waals surface area contributed by atoms with Crippen molar-refractivity contribution in [3.63, 3.8) is 0 Å². The van der Waals surface area contributed by atoms with Gasteiger partial charge in [-0.1, -0.05) is 6.08 Å². The lowest BCUT2D eigenvalue weighted by atomic mass is 10.1. The average molecular weight is 271 g/mol. The maximum absolute atomic E-state index is 11.8. The van der Waals surface area contributed by atoms with Crippen molar-refractivity contribution in [1.82, 2.24) is 15.5 Å². The number of carbonyl (C=O) groups excluding carboxylic acids is 1. The van der Waals surface area contributed by atoms with E-state index in [0.717, 1.165) is 5.56 Å². The molecule has 6 nitrogen and oxygen atoms in total. The zero-order valence-corrected chi connectivity index (χ0v) is 10.7. The predicted octanol–water partition coefficient (Wildman–Crippen LogP) is 1.72. The van der Waals surface area contributed by atoms with Gasteiger partial charge in [-0.2, -0.15) is 5.10 Å². The second-order valence-electron chi connectivity index (χ2n) is 4.23. The van der Waals surface area contributed by atoms with E-state index >= 15 is 0 Å². The molecular formula is C14H13N3O3. The van der Waals surface area contributed by atoms with Gasteiger partial charge in [-0.3, -0.25) is 9.89 Å². The third kappa shape index (κ3) is 2.23. The first-order chi connectivity index (χ1) is 9.78. The third-order valence-corrected chi connectivity index (χ3v) is 2.90. The highest BCUT2D eigenvalue weighted by atomic mass is 16.7. The van der Waals surface area contributed by atoms with E-state index < -0.39 is 0 Å². The SMILES string of the molecule is C=CCNC(=O)c1cc(-c2ccc3c(c2)OCO3)n[nH]1. The Bertz CT molecular complexity index is 663.